The van der Waals surface area contributed by atoms with E-state index in [1.54, 1.807) is 6.08 Å². The van der Waals surface area contributed by atoms with Crippen LogP contribution in [0.4, 0.5) is 0 Å². The van der Waals surface area contributed by atoms with E-state index >= 15 is 0 Å². The van der Waals surface area contributed by atoms with E-state index in [0.717, 1.165) is 11.1 Å². The topological polar surface area (TPSA) is 46.5 Å². The van der Waals surface area contributed by atoms with Crippen molar-refractivity contribution in [3.8, 4) is 0 Å². The zero-order valence-corrected chi connectivity index (χ0v) is 9.19. The number of hydrogen-bond acceptors (Lipinski definition) is 2. The highest BCUT2D eigenvalue weighted by atomic mass is 16.5. The molecule has 0 bridgehead atoms. The number of carbonyl (C=O) groups is 1. The van der Waals surface area contributed by atoms with Gasteiger partial charge >= 0.3 is 5.97 Å². The van der Waals surface area contributed by atoms with E-state index in [1.807, 2.05) is 24.3 Å². The Morgan fingerprint density at radius 2 is 2.06 bits per heavy atom. The summed E-state index contributed by atoms with van der Waals surface area (Å²) >= 11 is 0. The maximum Gasteiger partial charge on any atom is 0.303 e. The normalized spacial score (nSPS) is 10.0. The van der Waals surface area contributed by atoms with Gasteiger partial charge in [-0.1, -0.05) is 30.3 Å². The molecule has 1 rings (SSSR count). The molecule has 0 heterocycles. The van der Waals surface area contributed by atoms with Gasteiger partial charge in [0.15, 0.2) is 0 Å². The van der Waals surface area contributed by atoms with Gasteiger partial charge in [-0.25, -0.2) is 0 Å². The van der Waals surface area contributed by atoms with E-state index in [2.05, 4.69) is 6.58 Å². The summed E-state index contributed by atoms with van der Waals surface area (Å²) in [4.78, 5) is 10.5. The van der Waals surface area contributed by atoms with Crippen molar-refractivity contribution in [3.05, 3.63) is 48.0 Å². The number of benzene rings is 1. The van der Waals surface area contributed by atoms with Crippen molar-refractivity contribution < 1.29 is 14.6 Å². The molecule has 0 aliphatic carbocycles. The fourth-order valence-corrected chi connectivity index (χ4v) is 1.44. The molecule has 0 saturated heterocycles. The van der Waals surface area contributed by atoms with Gasteiger partial charge in [0.1, 0.15) is 0 Å². The Balaban J connectivity index is 2.59. The summed E-state index contributed by atoms with van der Waals surface area (Å²) in [6.07, 6.45) is 2.39. The summed E-state index contributed by atoms with van der Waals surface area (Å²) in [5.41, 5.74) is 2.08. The van der Waals surface area contributed by atoms with Crippen molar-refractivity contribution >= 4 is 5.97 Å². The SMILES string of the molecule is C=CCOCc1ccccc1CCC(=O)O. The highest BCUT2D eigenvalue weighted by Crippen LogP contribution is 2.12. The number of carboxylic acids is 1. The van der Waals surface area contributed by atoms with Crippen molar-refractivity contribution in [3.63, 3.8) is 0 Å². The zero-order valence-electron chi connectivity index (χ0n) is 9.19. The molecule has 0 aliphatic rings. The average molecular weight is 220 g/mol. The zero-order chi connectivity index (χ0) is 11.8. The first-order valence-electron chi connectivity index (χ1n) is 5.21. The van der Waals surface area contributed by atoms with Crippen LogP contribution >= 0.6 is 0 Å². The third-order valence-corrected chi connectivity index (χ3v) is 2.22. The average Bonchev–Trinajstić information content (AvgIpc) is 2.28. The Hall–Kier alpha value is -1.61. The van der Waals surface area contributed by atoms with E-state index < -0.39 is 5.97 Å². The van der Waals surface area contributed by atoms with Crippen molar-refractivity contribution in [2.45, 2.75) is 19.4 Å². The molecule has 86 valence electrons. The van der Waals surface area contributed by atoms with Gasteiger partial charge in [-0.3, -0.25) is 4.79 Å². The lowest BCUT2D eigenvalue weighted by Gasteiger charge is -2.08. The lowest BCUT2D eigenvalue weighted by molar-refractivity contribution is -0.136. The molecule has 0 atom stereocenters. The first-order valence-corrected chi connectivity index (χ1v) is 5.21. The minimum Gasteiger partial charge on any atom is -0.481 e. The van der Waals surface area contributed by atoms with Gasteiger partial charge in [0.05, 0.1) is 13.2 Å². The molecule has 0 amide bonds. The second kappa shape index (κ2) is 6.80. The van der Waals surface area contributed by atoms with Crippen molar-refractivity contribution in [2.75, 3.05) is 6.61 Å². The van der Waals surface area contributed by atoms with E-state index in [0.29, 0.717) is 19.6 Å². The van der Waals surface area contributed by atoms with Crippen LogP contribution in [0.25, 0.3) is 0 Å². The lowest BCUT2D eigenvalue weighted by atomic mass is 10.0. The molecule has 0 fully saturated rings. The molecule has 0 radical (unpaired) electrons. The monoisotopic (exact) mass is 220 g/mol. The van der Waals surface area contributed by atoms with E-state index in [-0.39, 0.29) is 6.42 Å². The molecular formula is C13H16O3. The standard InChI is InChI=1S/C13H16O3/c1-2-9-16-10-12-6-4-3-5-11(12)7-8-13(14)15/h2-6H,1,7-10H2,(H,14,15). The summed E-state index contributed by atoms with van der Waals surface area (Å²) in [6, 6.07) is 7.74. The van der Waals surface area contributed by atoms with Crippen LogP contribution in [0.5, 0.6) is 0 Å². The number of rotatable bonds is 7. The van der Waals surface area contributed by atoms with Crippen molar-refractivity contribution in [1.29, 1.82) is 0 Å². The molecule has 0 saturated carbocycles. The molecular weight excluding hydrogens is 204 g/mol. The Labute approximate surface area is 95.4 Å². The third-order valence-electron chi connectivity index (χ3n) is 2.22. The number of hydrogen-bond donors (Lipinski definition) is 1. The van der Waals surface area contributed by atoms with Crippen LogP contribution in [-0.4, -0.2) is 17.7 Å². The molecule has 0 unspecified atom stereocenters. The maximum atomic E-state index is 10.5. The highest BCUT2D eigenvalue weighted by molar-refractivity contribution is 5.67. The second-order valence-electron chi connectivity index (χ2n) is 3.47. The highest BCUT2D eigenvalue weighted by Gasteiger charge is 2.04. The summed E-state index contributed by atoms with van der Waals surface area (Å²) in [5.74, 6) is -0.776. The molecule has 0 aliphatic heterocycles. The van der Waals surface area contributed by atoms with Crippen LogP contribution in [0.2, 0.25) is 0 Å². The molecule has 0 spiro atoms. The van der Waals surface area contributed by atoms with Crippen LogP contribution in [0.3, 0.4) is 0 Å². The smallest absolute Gasteiger partial charge is 0.303 e. The third kappa shape index (κ3) is 4.28. The quantitative estimate of drug-likeness (QED) is 0.567. The molecule has 16 heavy (non-hydrogen) atoms. The Morgan fingerprint density at radius 1 is 1.38 bits per heavy atom. The maximum absolute atomic E-state index is 10.5. The van der Waals surface area contributed by atoms with Crippen molar-refractivity contribution in [1.82, 2.24) is 0 Å². The summed E-state index contributed by atoms with van der Waals surface area (Å²) in [6.45, 7) is 4.58. The van der Waals surface area contributed by atoms with Gasteiger partial charge in [0, 0.05) is 6.42 Å². The molecule has 1 N–H and O–H groups in total. The van der Waals surface area contributed by atoms with Gasteiger partial charge in [0.2, 0.25) is 0 Å². The van der Waals surface area contributed by atoms with Crippen LogP contribution in [0, 0.1) is 0 Å². The Kier molecular flexibility index (Phi) is 5.29. The summed E-state index contributed by atoms with van der Waals surface area (Å²) in [5, 5.41) is 8.64. The van der Waals surface area contributed by atoms with Gasteiger partial charge < -0.3 is 9.84 Å². The van der Waals surface area contributed by atoms with E-state index in [4.69, 9.17) is 9.84 Å². The van der Waals surface area contributed by atoms with Crippen LogP contribution in [0.15, 0.2) is 36.9 Å². The first kappa shape index (κ1) is 12.5. The number of aryl methyl sites for hydroxylation is 1. The molecule has 0 aromatic heterocycles. The largest absolute Gasteiger partial charge is 0.481 e. The number of carboxylic acid groups (broad SMARTS) is 1. The van der Waals surface area contributed by atoms with E-state index in [9.17, 15) is 4.79 Å². The second-order valence-corrected chi connectivity index (χ2v) is 3.47. The van der Waals surface area contributed by atoms with Gasteiger partial charge in [0.25, 0.3) is 0 Å². The fourth-order valence-electron chi connectivity index (χ4n) is 1.44. The first-order chi connectivity index (χ1) is 7.74. The fraction of sp³-hybridized carbons (Fsp3) is 0.308. The van der Waals surface area contributed by atoms with Crippen LogP contribution in [0.1, 0.15) is 17.5 Å². The number of aliphatic carboxylic acids is 1. The number of ether oxygens (including phenoxy) is 1. The van der Waals surface area contributed by atoms with Crippen LogP contribution in [-0.2, 0) is 22.6 Å². The molecule has 1 aromatic carbocycles. The summed E-state index contributed by atoms with van der Waals surface area (Å²) < 4.78 is 5.35. The Bertz CT molecular complexity index is 358. The van der Waals surface area contributed by atoms with Crippen LogP contribution < -0.4 is 0 Å². The van der Waals surface area contributed by atoms with Gasteiger partial charge in [-0.15, -0.1) is 6.58 Å². The Morgan fingerprint density at radius 3 is 2.69 bits per heavy atom. The van der Waals surface area contributed by atoms with Gasteiger partial charge in [-0.05, 0) is 17.5 Å². The molecule has 3 nitrogen and oxygen atoms in total. The van der Waals surface area contributed by atoms with E-state index in [1.165, 1.54) is 0 Å². The molecule has 3 heteroatoms. The lowest BCUT2D eigenvalue weighted by Crippen LogP contribution is -2.02. The predicted molar refractivity (Wildman–Crippen MR) is 62.3 cm³/mol. The summed E-state index contributed by atoms with van der Waals surface area (Å²) in [7, 11) is 0. The predicted octanol–water partition coefficient (Wildman–Crippen LogP) is 2.41. The minimum absolute atomic E-state index is 0.151. The van der Waals surface area contributed by atoms with Gasteiger partial charge in [-0.2, -0.15) is 0 Å². The van der Waals surface area contributed by atoms with Crippen molar-refractivity contribution in [2.24, 2.45) is 0 Å². The minimum atomic E-state index is -0.776. The molecule has 1 aromatic rings.